The van der Waals surface area contributed by atoms with Gasteiger partial charge in [0.05, 0.1) is 5.54 Å². The van der Waals surface area contributed by atoms with Crippen molar-refractivity contribution in [2.45, 2.75) is 19.4 Å². The summed E-state index contributed by atoms with van der Waals surface area (Å²) < 4.78 is 5.70. The highest BCUT2D eigenvalue weighted by molar-refractivity contribution is 6.07. The zero-order chi connectivity index (χ0) is 20.4. The maximum absolute atomic E-state index is 12.7. The Morgan fingerprint density at radius 1 is 0.966 bits per heavy atom. The van der Waals surface area contributed by atoms with Gasteiger partial charge in [-0.1, -0.05) is 48.5 Å². The van der Waals surface area contributed by atoms with E-state index in [9.17, 15) is 9.59 Å². The molecule has 0 spiro atoms. The van der Waals surface area contributed by atoms with E-state index < -0.39 is 5.54 Å². The van der Waals surface area contributed by atoms with Gasteiger partial charge in [0.25, 0.3) is 11.8 Å². The van der Waals surface area contributed by atoms with Gasteiger partial charge in [0.2, 0.25) is 0 Å². The molecule has 2 aromatic heterocycles. The molecule has 0 radical (unpaired) electrons. The van der Waals surface area contributed by atoms with E-state index in [2.05, 4.69) is 20.8 Å². The Morgan fingerprint density at radius 3 is 2.31 bits per heavy atom. The number of H-pyrrole nitrogens is 1. The molecule has 0 aliphatic rings. The minimum Gasteiger partial charge on any atom is -0.445 e. The molecule has 4 rings (SSSR count). The normalized spacial score (nSPS) is 11.4. The molecule has 0 bridgehead atoms. The van der Waals surface area contributed by atoms with Crippen molar-refractivity contribution in [1.29, 1.82) is 0 Å². The number of aromatic nitrogens is 2. The number of aromatic amines is 1. The average Bonchev–Trinajstić information content (AvgIpc) is 3.31. The summed E-state index contributed by atoms with van der Waals surface area (Å²) in [5.74, 6) is -0.307. The molecule has 0 atom stereocenters. The number of carbonyl (C=O) groups excluding carboxylic acids is 2. The maximum atomic E-state index is 12.7. The molecule has 29 heavy (non-hydrogen) atoms. The first kappa shape index (κ1) is 18.5. The highest BCUT2D eigenvalue weighted by atomic mass is 16.3. The number of fused-ring (bicyclic) bond motifs is 1. The Kier molecular flexibility index (Phi) is 4.64. The van der Waals surface area contributed by atoms with Gasteiger partial charge < -0.3 is 15.1 Å². The van der Waals surface area contributed by atoms with Crippen LogP contribution in [0.25, 0.3) is 11.1 Å². The molecular formula is C22H20N4O3. The van der Waals surface area contributed by atoms with Gasteiger partial charge in [0.15, 0.2) is 17.2 Å². The SMILES string of the molecule is CC(C)(NC(=O)c1cc2[nH]nc(NC(=O)c3ccccc3)c2o1)c1ccccc1. The van der Waals surface area contributed by atoms with Crippen molar-refractivity contribution in [3.63, 3.8) is 0 Å². The van der Waals surface area contributed by atoms with E-state index in [1.807, 2.05) is 50.2 Å². The summed E-state index contributed by atoms with van der Waals surface area (Å²) in [5, 5.41) is 12.5. The molecule has 2 amide bonds. The van der Waals surface area contributed by atoms with E-state index in [1.54, 1.807) is 30.3 Å². The average molecular weight is 388 g/mol. The molecule has 2 aromatic carbocycles. The van der Waals surface area contributed by atoms with Crippen LogP contribution in [0.3, 0.4) is 0 Å². The molecule has 0 aliphatic heterocycles. The van der Waals surface area contributed by atoms with E-state index in [0.29, 0.717) is 16.7 Å². The number of furan rings is 1. The van der Waals surface area contributed by atoms with E-state index in [1.165, 1.54) is 0 Å². The lowest BCUT2D eigenvalue weighted by atomic mass is 9.94. The Balaban J connectivity index is 1.54. The Morgan fingerprint density at radius 2 is 1.62 bits per heavy atom. The fraction of sp³-hybridized carbons (Fsp3) is 0.136. The molecule has 4 aromatic rings. The van der Waals surface area contributed by atoms with Crippen LogP contribution >= 0.6 is 0 Å². The molecule has 0 fully saturated rings. The molecule has 7 nitrogen and oxygen atoms in total. The van der Waals surface area contributed by atoms with Crippen molar-refractivity contribution in [2.75, 3.05) is 5.32 Å². The van der Waals surface area contributed by atoms with E-state index in [4.69, 9.17) is 4.42 Å². The molecule has 146 valence electrons. The molecule has 0 saturated carbocycles. The van der Waals surface area contributed by atoms with Crippen LogP contribution in [0.2, 0.25) is 0 Å². The number of hydrogen-bond donors (Lipinski definition) is 3. The largest absolute Gasteiger partial charge is 0.445 e. The Labute approximate surface area is 167 Å². The van der Waals surface area contributed by atoms with Crippen molar-refractivity contribution in [1.82, 2.24) is 15.5 Å². The van der Waals surface area contributed by atoms with Crippen LogP contribution in [-0.4, -0.2) is 22.0 Å². The number of carbonyl (C=O) groups is 2. The summed E-state index contributed by atoms with van der Waals surface area (Å²) in [7, 11) is 0. The first-order valence-corrected chi connectivity index (χ1v) is 9.16. The number of hydrogen-bond acceptors (Lipinski definition) is 4. The summed E-state index contributed by atoms with van der Waals surface area (Å²) in [4.78, 5) is 25.1. The van der Waals surface area contributed by atoms with Crippen LogP contribution in [0, 0.1) is 0 Å². The highest BCUT2D eigenvalue weighted by Crippen LogP contribution is 2.26. The minimum absolute atomic E-state index is 0.132. The molecule has 0 unspecified atom stereocenters. The van der Waals surface area contributed by atoms with Gasteiger partial charge >= 0.3 is 0 Å². The van der Waals surface area contributed by atoms with E-state index in [0.717, 1.165) is 5.56 Å². The van der Waals surface area contributed by atoms with Gasteiger partial charge in [-0.05, 0) is 31.5 Å². The zero-order valence-electron chi connectivity index (χ0n) is 16.0. The number of anilines is 1. The second-order valence-electron chi connectivity index (χ2n) is 7.19. The smallest absolute Gasteiger partial charge is 0.287 e. The Hall–Kier alpha value is -3.87. The summed E-state index contributed by atoms with van der Waals surface area (Å²) in [6, 6.07) is 20.0. The van der Waals surface area contributed by atoms with E-state index in [-0.39, 0.29) is 23.4 Å². The van der Waals surface area contributed by atoms with Gasteiger partial charge in [-0.25, -0.2) is 0 Å². The van der Waals surface area contributed by atoms with Crippen molar-refractivity contribution in [2.24, 2.45) is 0 Å². The highest BCUT2D eigenvalue weighted by Gasteiger charge is 2.26. The van der Waals surface area contributed by atoms with Gasteiger partial charge in [-0.3, -0.25) is 14.7 Å². The fourth-order valence-electron chi connectivity index (χ4n) is 3.06. The minimum atomic E-state index is -0.582. The molecule has 2 heterocycles. The number of amides is 2. The predicted molar refractivity (Wildman–Crippen MR) is 110 cm³/mol. The molecule has 0 aliphatic carbocycles. The van der Waals surface area contributed by atoms with Crippen LogP contribution in [0.5, 0.6) is 0 Å². The maximum Gasteiger partial charge on any atom is 0.287 e. The monoisotopic (exact) mass is 388 g/mol. The standard InChI is InChI=1S/C22H20N4O3/c1-22(2,15-11-7-4-8-12-15)24-21(28)17-13-16-18(29-17)19(26-25-16)23-20(27)14-9-5-3-6-10-14/h3-13H,1-2H3,(H,24,28)(H2,23,25,26,27). The lowest BCUT2D eigenvalue weighted by molar-refractivity contribution is 0.0885. The Bertz CT molecular complexity index is 1160. The van der Waals surface area contributed by atoms with Gasteiger partial charge in [-0.2, -0.15) is 5.10 Å². The van der Waals surface area contributed by atoms with Crippen LogP contribution in [-0.2, 0) is 5.54 Å². The second kappa shape index (κ2) is 7.27. The molecular weight excluding hydrogens is 368 g/mol. The van der Waals surface area contributed by atoms with E-state index >= 15 is 0 Å². The number of rotatable bonds is 5. The number of nitrogens with one attached hydrogen (secondary N) is 3. The predicted octanol–water partition coefficient (Wildman–Crippen LogP) is 4.07. The second-order valence-corrected chi connectivity index (χ2v) is 7.19. The number of nitrogens with zero attached hydrogens (tertiary/aromatic N) is 1. The van der Waals surface area contributed by atoms with Crippen molar-refractivity contribution in [3.05, 3.63) is 83.6 Å². The molecule has 7 heteroatoms. The third-order valence-electron chi connectivity index (χ3n) is 4.65. The lowest BCUT2D eigenvalue weighted by Crippen LogP contribution is -2.40. The topological polar surface area (TPSA) is 100 Å². The third-order valence-corrected chi connectivity index (χ3v) is 4.65. The van der Waals surface area contributed by atoms with Gasteiger partial charge in [0.1, 0.15) is 5.52 Å². The summed E-state index contributed by atoms with van der Waals surface area (Å²) >= 11 is 0. The van der Waals surface area contributed by atoms with Crippen LogP contribution < -0.4 is 10.6 Å². The van der Waals surface area contributed by atoms with Gasteiger partial charge in [-0.15, -0.1) is 0 Å². The zero-order valence-corrected chi connectivity index (χ0v) is 16.0. The van der Waals surface area contributed by atoms with Crippen LogP contribution in [0.4, 0.5) is 5.82 Å². The van der Waals surface area contributed by atoms with Crippen LogP contribution in [0.15, 0.2) is 71.1 Å². The van der Waals surface area contributed by atoms with Crippen molar-refractivity contribution in [3.8, 4) is 0 Å². The lowest BCUT2D eigenvalue weighted by Gasteiger charge is -2.26. The summed E-state index contributed by atoms with van der Waals surface area (Å²) in [5.41, 5.74) is 1.73. The quantitative estimate of drug-likeness (QED) is 0.480. The summed E-state index contributed by atoms with van der Waals surface area (Å²) in [6.45, 7) is 3.84. The fourth-order valence-corrected chi connectivity index (χ4v) is 3.06. The van der Waals surface area contributed by atoms with Crippen molar-refractivity contribution < 1.29 is 14.0 Å². The van der Waals surface area contributed by atoms with Crippen LogP contribution in [0.1, 0.15) is 40.3 Å². The first-order chi connectivity index (χ1) is 13.9. The molecule has 0 saturated heterocycles. The number of benzene rings is 2. The summed E-state index contributed by atoms with van der Waals surface area (Å²) in [6.07, 6.45) is 0. The first-order valence-electron chi connectivity index (χ1n) is 9.16. The molecule has 3 N–H and O–H groups in total. The van der Waals surface area contributed by atoms with Crippen molar-refractivity contribution >= 4 is 28.7 Å². The third kappa shape index (κ3) is 3.75. The van der Waals surface area contributed by atoms with Gasteiger partial charge in [0, 0.05) is 11.6 Å².